The van der Waals surface area contributed by atoms with Gasteiger partial charge in [-0.2, -0.15) is 0 Å². The van der Waals surface area contributed by atoms with Crippen LogP contribution in [0.15, 0.2) is 4.99 Å². The van der Waals surface area contributed by atoms with Crippen molar-refractivity contribution in [3.63, 3.8) is 0 Å². The summed E-state index contributed by atoms with van der Waals surface area (Å²) in [5.74, 6) is 2.01. The van der Waals surface area contributed by atoms with Gasteiger partial charge in [-0.25, -0.2) is 0 Å². The Morgan fingerprint density at radius 1 is 1.14 bits per heavy atom. The van der Waals surface area contributed by atoms with E-state index in [1.54, 1.807) is 0 Å². The number of piperidine rings is 1. The van der Waals surface area contributed by atoms with Gasteiger partial charge in [0.1, 0.15) is 0 Å². The van der Waals surface area contributed by atoms with Crippen LogP contribution >= 0.6 is 24.0 Å². The predicted molar refractivity (Wildman–Crippen MR) is 108 cm³/mol. The molecule has 1 rings (SSSR count). The van der Waals surface area contributed by atoms with Crippen LogP contribution in [-0.2, 0) is 0 Å². The SMILES string of the molecule is CCNC(=NCCCCN(CC)CC)N1CCC(C)CC1.I. The minimum absolute atomic E-state index is 0. The summed E-state index contributed by atoms with van der Waals surface area (Å²) in [4.78, 5) is 9.75. The summed E-state index contributed by atoms with van der Waals surface area (Å²) in [6, 6.07) is 0. The highest BCUT2D eigenvalue weighted by atomic mass is 127. The first-order chi connectivity index (χ1) is 10.2. The lowest BCUT2D eigenvalue weighted by Gasteiger charge is -2.33. The van der Waals surface area contributed by atoms with Gasteiger partial charge < -0.3 is 15.1 Å². The summed E-state index contributed by atoms with van der Waals surface area (Å²) in [5.41, 5.74) is 0. The Morgan fingerprint density at radius 3 is 2.32 bits per heavy atom. The first-order valence-corrected chi connectivity index (χ1v) is 8.96. The molecule has 0 aromatic rings. The number of rotatable bonds is 8. The number of nitrogens with zero attached hydrogens (tertiary/aromatic N) is 3. The molecule has 132 valence electrons. The van der Waals surface area contributed by atoms with Crippen LogP contribution in [0.25, 0.3) is 0 Å². The summed E-state index contributed by atoms with van der Waals surface area (Å²) in [6.45, 7) is 16.8. The van der Waals surface area contributed by atoms with Gasteiger partial charge in [-0.05, 0) is 58.2 Å². The van der Waals surface area contributed by atoms with Crippen molar-refractivity contribution in [2.75, 3.05) is 45.8 Å². The maximum atomic E-state index is 4.82. The van der Waals surface area contributed by atoms with E-state index in [-0.39, 0.29) is 24.0 Å². The largest absolute Gasteiger partial charge is 0.357 e. The molecule has 1 fully saturated rings. The summed E-state index contributed by atoms with van der Waals surface area (Å²) in [7, 11) is 0. The molecule has 1 heterocycles. The normalized spacial score (nSPS) is 16.8. The average molecular weight is 424 g/mol. The van der Waals surface area contributed by atoms with Crippen molar-refractivity contribution >= 4 is 29.9 Å². The van der Waals surface area contributed by atoms with Crippen LogP contribution in [-0.4, -0.2) is 61.6 Å². The second-order valence-corrected chi connectivity index (χ2v) is 6.14. The van der Waals surface area contributed by atoms with E-state index in [4.69, 9.17) is 4.99 Å². The van der Waals surface area contributed by atoms with Crippen LogP contribution in [0.3, 0.4) is 0 Å². The molecule has 1 aliphatic rings. The van der Waals surface area contributed by atoms with Crippen LogP contribution in [0.2, 0.25) is 0 Å². The zero-order valence-electron chi connectivity index (χ0n) is 15.1. The highest BCUT2D eigenvalue weighted by Crippen LogP contribution is 2.15. The van der Waals surface area contributed by atoms with Gasteiger partial charge >= 0.3 is 0 Å². The summed E-state index contributed by atoms with van der Waals surface area (Å²) in [6.07, 6.45) is 5.04. The minimum Gasteiger partial charge on any atom is -0.357 e. The van der Waals surface area contributed by atoms with Gasteiger partial charge in [-0.15, -0.1) is 24.0 Å². The van der Waals surface area contributed by atoms with E-state index in [0.29, 0.717) is 0 Å². The van der Waals surface area contributed by atoms with E-state index < -0.39 is 0 Å². The smallest absolute Gasteiger partial charge is 0.193 e. The number of nitrogens with one attached hydrogen (secondary N) is 1. The first-order valence-electron chi connectivity index (χ1n) is 8.96. The van der Waals surface area contributed by atoms with Crippen LogP contribution in [0.5, 0.6) is 0 Å². The summed E-state index contributed by atoms with van der Waals surface area (Å²) in [5, 5.41) is 3.45. The monoisotopic (exact) mass is 424 g/mol. The zero-order chi connectivity index (χ0) is 15.5. The molecule has 1 N–H and O–H groups in total. The fraction of sp³-hybridized carbons (Fsp3) is 0.941. The summed E-state index contributed by atoms with van der Waals surface area (Å²) < 4.78 is 0. The van der Waals surface area contributed by atoms with E-state index in [1.165, 1.54) is 32.2 Å². The Kier molecular flexibility index (Phi) is 13.4. The molecule has 5 heteroatoms. The topological polar surface area (TPSA) is 30.9 Å². The third-order valence-electron chi connectivity index (χ3n) is 4.46. The second-order valence-electron chi connectivity index (χ2n) is 6.14. The van der Waals surface area contributed by atoms with Gasteiger partial charge in [0.15, 0.2) is 5.96 Å². The van der Waals surface area contributed by atoms with E-state index >= 15 is 0 Å². The Hall–Kier alpha value is -0.0400. The molecule has 0 aliphatic carbocycles. The molecule has 0 amide bonds. The lowest BCUT2D eigenvalue weighted by atomic mass is 10.00. The lowest BCUT2D eigenvalue weighted by Crippen LogP contribution is -2.45. The number of unbranched alkanes of at least 4 members (excludes halogenated alkanes) is 1. The lowest BCUT2D eigenvalue weighted by molar-refractivity contribution is 0.273. The van der Waals surface area contributed by atoms with E-state index in [0.717, 1.165) is 51.1 Å². The van der Waals surface area contributed by atoms with Crippen LogP contribution in [0.4, 0.5) is 0 Å². The molecule has 0 aromatic carbocycles. The zero-order valence-corrected chi connectivity index (χ0v) is 17.4. The fourth-order valence-electron chi connectivity index (χ4n) is 2.82. The van der Waals surface area contributed by atoms with Crippen LogP contribution in [0, 0.1) is 5.92 Å². The first kappa shape index (κ1) is 22.0. The number of hydrogen-bond acceptors (Lipinski definition) is 2. The quantitative estimate of drug-likeness (QED) is 0.280. The van der Waals surface area contributed by atoms with Crippen molar-refractivity contribution in [3.8, 4) is 0 Å². The van der Waals surface area contributed by atoms with Crippen LogP contribution in [0.1, 0.15) is 53.4 Å². The van der Waals surface area contributed by atoms with E-state index in [9.17, 15) is 0 Å². The maximum absolute atomic E-state index is 4.82. The highest BCUT2D eigenvalue weighted by molar-refractivity contribution is 14.0. The van der Waals surface area contributed by atoms with Crippen molar-refractivity contribution in [1.82, 2.24) is 15.1 Å². The number of likely N-dealkylation sites (tertiary alicyclic amines) is 1. The second kappa shape index (κ2) is 13.4. The molecule has 4 nitrogen and oxygen atoms in total. The number of hydrogen-bond donors (Lipinski definition) is 1. The molecular weight excluding hydrogens is 387 g/mol. The Balaban J connectivity index is 0.00000441. The third-order valence-corrected chi connectivity index (χ3v) is 4.46. The molecule has 0 radical (unpaired) electrons. The minimum atomic E-state index is 0. The molecule has 0 spiro atoms. The van der Waals surface area contributed by atoms with Gasteiger partial charge in [0.05, 0.1) is 0 Å². The highest BCUT2D eigenvalue weighted by Gasteiger charge is 2.18. The van der Waals surface area contributed by atoms with Gasteiger partial charge in [-0.1, -0.05) is 20.8 Å². The number of guanidine groups is 1. The van der Waals surface area contributed by atoms with Crippen molar-refractivity contribution in [1.29, 1.82) is 0 Å². The molecule has 0 atom stereocenters. The standard InChI is InChI=1S/C17H36N4.HI/c1-5-18-17(21-14-10-16(4)11-15-21)19-12-8-9-13-20(6-2)7-3;/h16H,5-15H2,1-4H3,(H,18,19);1H. The fourth-order valence-corrected chi connectivity index (χ4v) is 2.82. The Labute approximate surface area is 155 Å². The molecule has 0 aromatic heterocycles. The van der Waals surface area contributed by atoms with E-state index in [1.807, 2.05) is 0 Å². The van der Waals surface area contributed by atoms with E-state index in [2.05, 4.69) is 42.8 Å². The Morgan fingerprint density at radius 2 is 1.77 bits per heavy atom. The molecule has 0 bridgehead atoms. The van der Waals surface area contributed by atoms with Crippen molar-refractivity contribution in [2.45, 2.75) is 53.4 Å². The maximum Gasteiger partial charge on any atom is 0.193 e. The van der Waals surface area contributed by atoms with Gasteiger partial charge in [-0.3, -0.25) is 4.99 Å². The number of aliphatic imine (C=N–C) groups is 1. The third kappa shape index (κ3) is 8.56. The summed E-state index contributed by atoms with van der Waals surface area (Å²) >= 11 is 0. The molecule has 22 heavy (non-hydrogen) atoms. The molecular formula is C17H37IN4. The van der Waals surface area contributed by atoms with Crippen molar-refractivity contribution in [2.24, 2.45) is 10.9 Å². The average Bonchev–Trinajstić information content (AvgIpc) is 2.51. The van der Waals surface area contributed by atoms with Gasteiger partial charge in [0.25, 0.3) is 0 Å². The van der Waals surface area contributed by atoms with Gasteiger partial charge in [0.2, 0.25) is 0 Å². The number of halogens is 1. The molecule has 0 saturated carbocycles. The molecule has 0 unspecified atom stereocenters. The van der Waals surface area contributed by atoms with Crippen molar-refractivity contribution in [3.05, 3.63) is 0 Å². The Bertz CT molecular complexity index is 284. The van der Waals surface area contributed by atoms with Crippen molar-refractivity contribution < 1.29 is 0 Å². The molecule has 1 saturated heterocycles. The van der Waals surface area contributed by atoms with Crippen LogP contribution < -0.4 is 5.32 Å². The predicted octanol–water partition coefficient (Wildman–Crippen LogP) is 3.42. The van der Waals surface area contributed by atoms with Gasteiger partial charge in [0, 0.05) is 26.2 Å². The molecule has 1 aliphatic heterocycles.